The summed E-state index contributed by atoms with van der Waals surface area (Å²) in [6.45, 7) is 1.26. The summed E-state index contributed by atoms with van der Waals surface area (Å²) in [7, 11) is 0. The van der Waals surface area contributed by atoms with E-state index >= 15 is 0 Å². The average Bonchev–Trinajstić information content (AvgIpc) is 2.19. The first-order valence-corrected chi connectivity index (χ1v) is 4.05. The summed E-state index contributed by atoms with van der Waals surface area (Å²) in [6.07, 6.45) is 0. The van der Waals surface area contributed by atoms with Crippen LogP contribution in [0.2, 0.25) is 0 Å². The highest BCUT2D eigenvalue weighted by Crippen LogP contribution is 2.06. The van der Waals surface area contributed by atoms with Crippen LogP contribution in [0.5, 0.6) is 0 Å². The Morgan fingerprint density at radius 2 is 2.38 bits per heavy atom. The predicted molar refractivity (Wildman–Crippen MR) is 46.9 cm³/mol. The first-order valence-electron chi connectivity index (χ1n) is 4.05. The summed E-state index contributed by atoms with van der Waals surface area (Å²) in [5, 5.41) is 3.92. The highest BCUT2D eigenvalue weighted by atomic mass is 19.1. The minimum absolute atomic E-state index is 0.283. The Hall–Kier alpha value is -1.58. The number of halogens is 1. The van der Waals surface area contributed by atoms with Crippen molar-refractivity contribution in [1.29, 1.82) is 0 Å². The molecule has 1 N–H and O–H groups in total. The lowest BCUT2D eigenvalue weighted by atomic mass is 10.2. The van der Waals surface area contributed by atoms with Crippen LogP contribution in [0.3, 0.4) is 0 Å². The summed E-state index contributed by atoms with van der Waals surface area (Å²) >= 11 is 0. The predicted octanol–water partition coefficient (Wildman–Crippen LogP) is 1.11. The van der Waals surface area contributed by atoms with Gasteiger partial charge in [0, 0.05) is 5.56 Å². The number of nitrogens with one attached hydrogen (secondary N) is 1. The van der Waals surface area contributed by atoms with Gasteiger partial charge in [-0.05, 0) is 18.2 Å². The normalized spacial score (nSPS) is 15.6. The Labute approximate surface area is 75.2 Å². The van der Waals surface area contributed by atoms with Crippen LogP contribution in [0.1, 0.15) is 5.56 Å². The van der Waals surface area contributed by atoms with E-state index in [9.17, 15) is 4.39 Å². The summed E-state index contributed by atoms with van der Waals surface area (Å²) in [6, 6.07) is 6.17. The zero-order chi connectivity index (χ0) is 9.10. The Balaban J connectivity index is 2.29. The summed E-state index contributed by atoms with van der Waals surface area (Å²) in [5.41, 5.74) is 3.45. The third-order valence-corrected chi connectivity index (χ3v) is 1.70. The van der Waals surface area contributed by atoms with Crippen molar-refractivity contribution in [3.63, 3.8) is 0 Å². The van der Waals surface area contributed by atoms with Crippen LogP contribution in [-0.2, 0) is 4.74 Å². The maximum atomic E-state index is 12.8. The van der Waals surface area contributed by atoms with E-state index in [0.717, 1.165) is 0 Å². The third kappa shape index (κ3) is 1.77. The fraction of sp³-hybridized carbons (Fsp3) is 0.222. The summed E-state index contributed by atoms with van der Waals surface area (Å²) in [4.78, 5) is 0. The van der Waals surface area contributed by atoms with Gasteiger partial charge in [0.05, 0.1) is 6.54 Å². The molecule has 0 amide bonds. The maximum Gasteiger partial charge on any atom is 0.238 e. The van der Waals surface area contributed by atoms with Crippen molar-refractivity contribution < 1.29 is 9.13 Å². The van der Waals surface area contributed by atoms with E-state index in [0.29, 0.717) is 24.6 Å². The monoisotopic (exact) mass is 180 g/mol. The van der Waals surface area contributed by atoms with Crippen molar-refractivity contribution in [3.05, 3.63) is 35.6 Å². The molecule has 13 heavy (non-hydrogen) atoms. The second-order valence-corrected chi connectivity index (χ2v) is 2.68. The third-order valence-electron chi connectivity index (χ3n) is 1.70. The van der Waals surface area contributed by atoms with Gasteiger partial charge in [-0.3, -0.25) is 0 Å². The van der Waals surface area contributed by atoms with E-state index in [1.165, 1.54) is 12.1 Å². The van der Waals surface area contributed by atoms with E-state index in [2.05, 4.69) is 10.5 Å². The molecule has 1 aliphatic heterocycles. The van der Waals surface area contributed by atoms with Crippen molar-refractivity contribution in [2.24, 2.45) is 5.10 Å². The van der Waals surface area contributed by atoms with Crippen LogP contribution in [-0.4, -0.2) is 19.0 Å². The molecule has 0 atom stereocenters. The Morgan fingerprint density at radius 1 is 1.46 bits per heavy atom. The van der Waals surface area contributed by atoms with Gasteiger partial charge in [0.1, 0.15) is 12.4 Å². The first kappa shape index (κ1) is 8.04. The van der Waals surface area contributed by atoms with Gasteiger partial charge in [-0.15, -0.1) is 5.10 Å². The number of hydrogen-bond acceptors (Lipinski definition) is 3. The molecular weight excluding hydrogens is 171 g/mol. The second kappa shape index (κ2) is 3.43. The molecule has 0 spiro atoms. The molecule has 1 aromatic rings. The molecule has 4 heteroatoms. The van der Waals surface area contributed by atoms with Crippen molar-refractivity contribution in [3.8, 4) is 0 Å². The Bertz CT molecular complexity index is 338. The molecule has 0 aliphatic carbocycles. The Morgan fingerprint density at radius 3 is 3.08 bits per heavy atom. The van der Waals surface area contributed by atoms with Gasteiger partial charge in [-0.1, -0.05) is 6.07 Å². The molecule has 1 aliphatic rings. The second-order valence-electron chi connectivity index (χ2n) is 2.68. The highest BCUT2D eigenvalue weighted by Gasteiger charge is 2.08. The van der Waals surface area contributed by atoms with Gasteiger partial charge in [-0.25, -0.2) is 4.39 Å². The van der Waals surface area contributed by atoms with Crippen LogP contribution in [0.25, 0.3) is 0 Å². The number of ether oxygens (including phenoxy) is 1. The van der Waals surface area contributed by atoms with Crippen molar-refractivity contribution >= 4 is 5.90 Å². The van der Waals surface area contributed by atoms with E-state index in [1.807, 2.05) is 0 Å². The molecule has 0 bridgehead atoms. The number of hydrazone groups is 1. The topological polar surface area (TPSA) is 33.6 Å². The minimum atomic E-state index is -0.283. The largest absolute Gasteiger partial charge is 0.474 e. The van der Waals surface area contributed by atoms with Gasteiger partial charge in [-0.2, -0.15) is 0 Å². The smallest absolute Gasteiger partial charge is 0.238 e. The SMILES string of the molecule is Fc1cccc(C2=NNCCO2)c1. The lowest BCUT2D eigenvalue weighted by molar-refractivity contribution is 0.279. The molecule has 0 saturated carbocycles. The molecule has 2 rings (SSSR count). The van der Waals surface area contributed by atoms with Crippen LogP contribution in [0.15, 0.2) is 29.4 Å². The fourth-order valence-corrected chi connectivity index (χ4v) is 1.12. The van der Waals surface area contributed by atoms with Crippen LogP contribution >= 0.6 is 0 Å². The van der Waals surface area contributed by atoms with E-state index < -0.39 is 0 Å². The number of nitrogens with zero attached hydrogens (tertiary/aromatic N) is 1. The molecule has 0 fully saturated rings. The molecular formula is C9H9FN2O. The molecule has 3 nitrogen and oxygen atoms in total. The number of benzene rings is 1. The lowest BCUT2D eigenvalue weighted by Gasteiger charge is -2.14. The standard InChI is InChI=1S/C9H9FN2O/c10-8-3-1-2-7(6-8)9-12-11-4-5-13-9/h1-3,6,11H,4-5H2. The molecule has 68 valence electrons. The Kier molecular flexibility index (Phi) is 2.12. The van der Waals surface area contributed by atoms with E-state index in [-0.39, 0.29) is 5.82 Å². The molecule has 0 radical (unpaired) electrons. The van der Waals surface area contributed by atoms with Gasteiger partial charge < -0.3 is 10.2 Å². The van der Waals surface area contributed by atoms with E-state index in [4.69, 9.17) is 4.74 Å². The fourth-order valence-electron chi connectivity index (χ4n) is 1.12. The average molecular weight is 180 g/mol. The van der Waals surface area contributed by atoms with Crippen LogP contribution in [0.4, 0.5) is 4.39 Å². The highest BCUT2D eigenvalue weighted by molar-refractivity contribution is 5.94. The van der Waals surface area contributed by atoms with Gasteiger partial charge >= 0.3 is 0 Å². The zero-order valence-electron chi connectivity index (χ0n) is 6.96. The molecule has 0 saturated heterocycles. The van der Waals surface area contributed by atoms with Crippen molar-refractivity contribution in [2.75, 3.05) is 13.2 Å². The van der Waals surface area contributed by atoms with Crippen molar-refractivity contribution in [1.82, 2.24) is 5.43 Å². The molecule has 0 aromatic heterocycles. The van der Waals surface area contributed by atoms with E-state index in [1.54, 1.807) is 12.1 Å². The first-order chi connectivity index (χ1) is 6.36. The minimum Gasteiger partial charge on any atom is -0.474 e. The van der Waals surface area contributed by atoms with Gasteiger partial charge in [0.25, 0.3) is 0 Å². The summed E-state index contributed by atoms with van der Waals surface area (Å²) < 4.78 is 18.0. The quantitative estimate of drug-likeness (QED) is 0.702. The molecule has 1 heterocycles. The van der Waals surface area contributed by atoms with Gasteiger partial charge in [0.2, 0.25) is 5.90 Å². The van der Waals surface area contributed by atoms with Crippen LogP contribution < -0.4 is 5.43 Å². The van der Waals surface area contributed by atoms with Gasteiger partial charge in [0.15, 0.2) is 0 Å². The lowest BCUT2D eigenvalue weighted by Crippen LogP contribution is -2.26. The number of hydrogen-bond donors (Lipinski definition) is 1. The number of rotatable bonds is 1. The zero-order valence-corrected chi connectivity index (χ0v) is 6.96. The maximum absolute atomic E-state index is 12.8. The molecule has 1 aromatic carbocycles. The summed E-state index contributed by atoms with van der Waals surface area (Å²) in [5.74, 6) is 0.167. The van der Waals surface area contributed by atoms with Crippen LogP contribution in [0, 0.1) is 5.82 Å². The van der Waals surface area contributed by atoms with Crippen molar-refractivity contribution in [2.45, 2.75) is 0 Å². The molecule has 0 unspecified atom stereocenters.